The van der Waals surface area contributed by atoms with E-state index < -0.39 is 0 Å². The van der Waals surface area contributed by atoms with Crippen LogP contribution in [0, 0.1) is 6.92 Å². The fraction of sp³-hybridized carbons (Fsp3) is 0.100. The van der Waals surface area contributed by atoms with Crippen molar-refractivity contribution < 1.29 is 8.94 Å². The average Bonchev–Trinajstić information content (AvgIpc) is 2.97. The smallest absolute Gasteiger partial charge is 0.270 e. The van der Waals surface area contributed by atoms with Crippen molar-refractivity contribution in [2.24, 2.45) is 0 Å². The molecular formula is C10H8N4O2S. The van der Waals surface area contributed by atoms with Gasteiger partial charge in [-0.15, -0.1) is 0 Å². The van der Waals surface area contributed by atoms with E-state index >= 15 is 0 Å². The van der Waals surface area contributed by atoms with Crippen molar-refractivity contribution in [3.63, 3.8) is 0 Å². The quantitative estimate of drug-likeness (QED) is 0.748. The maximum atomic E-state index is 5.62. The summed E-state index contributed by atoms with van der Waals surface area (Å²) in [5.41, 5.74) is 6.40. The highest BCUT2D eigenvalue weighted by Gasteiger charge is 2.17. The van der Waals surface area contributed by atoms with E-state index in [2.05, 4.69) is 15.1 Å². The van der Waals surface area contributed by atoms with Crippen molar-refractivity contribution in [2.75, 3.05) is 5.73 Å². The molecule has 2 N–H and O–H groups in total. The monoisotopic (exact) mass is 248 g/mol. The number of nitrogen functional groups attached to an aromatic ring is 1. The fourth-order valence-corrected chi connectivity index (χ4v) is 2.19. The van der Waals surface area contributed by atoms with Crippen LogP contribution in [-0.2, 0) is 0 Å². The Morgan fingerprint density at radius 3 is 2.88 bits per heavy atom. The van der Waals surface area contributed by atoms with Crippen molar-refractivity contribution in [3.8, 4) is 22.4 Å². The van der Waals surface area contributed by atoms with Gasteiger partial charge in [0.05, 0.1) is 12.0 Å². The van der Waals surface area contributed by atoms with Gasteiger partial charge in [-0.25, -0.2) is 4.98 Å². The first-order chi connectivity index (χ1) is 8.24. The van der Waals surface area contributed by atoms with Gasteiger partial charge in [0.25, 0.3) is 5.89 Å². The van der Waals surface area contributed by atoms with Crippen molar-refractivity contribution in [1.82, 2.24) is 15.1 Å². The third-order valence-corrected chi connectivity index (χ3v) is 3.15. The highest BCUT2D eigenvalue weighted by Crippen LogP contribution is 2.31. The average molecular weight is 248 g/mol. The largest absolute Gasteiger partial charge is 0.461 e. The van der Waals surface area contributed by atoms with Crippen LogP contribution in [0.3, 0.4) is 0 Å². The van der Waals surface area contributed by atoms with Crippen molar-refractivity contribution in [3.05, 3.63) is 24.1 Å². The minimum Gasteiger partial charge on any atom is -0.461 e. The van der Waals surface area contributed by atoms with Gasteiger partial charge in [0, 0.05) is 0 Å². The Balaban J connectivity index is 2.03. The lowest BCUT2D eigenvalue weighted by Crippen LogP contribution is -1.81. The zero-order valence-corrected chi connectivity index (χ0v) is 9.69. The van der Waals surface area contributed by atoms with Crippen LogP contribution in [-0.4, -0.2) is 15.1 Å². The van der Waals surface area contributed by atoms with Crippen molar-refractivity contribution in [2.45, 2.75) is 6.92 Å². The predicted octanol–water partition coefficient (Wildman–Crippen LogP) is 2.34. The number of aromatic nitrogens is 3. The number of hydrogen-bond acceptors (Lipinski definition) is 7. The van der Waals surface area contributed by atoms with Gasteiger partial charge in [-0.05, 0) is 19.1 Å². The molecule has 0 aliphatic rings. The molecule has 3 rings (SSSR count). The fourth-order valence-electron chi connectivity index (χ4n) is 1.44. The van der Waals surface area contributed by atoms with E-state index in [1.165, 1.54) is 11.3 Å². The molecule has 3 heterocycles. The van der Waals surface area contributed by atoms with E-state index in [0.717, 1.165) is 10.6 Å². The van der Waals surface area contributed by atoms with Crippen LogP contribution in [0.2, 0.25) is 0 Å². The lowest BCUT2D eigenvalue weighted by Gasteiger charge is -1.86. The van der Waals surface area contributed by atoms with Gasteiger partial charge in [0.2, 0.25) is 5.82 Å². The minimum atomic E-state index is 0.406. The Hall–Kier alpha value is -2.15. The molecule has 0 aromatic carbocycles. The second-order valence-electron chi connectivity index (χ2n) is 3.37. The maximum Gasteiger partial charge on any atom is 0.270 e. The first-order valence-corrected chi connectivity index (χ1v) is 5.66. The zero-order chi connectivity index (χ0) is 11.8. The first-order valence-electron chi connectivity index (χ1n) is 4.85. The molecule has 7 heteroatoms. The lowest BCUT2D eigenvalue weighted by atomic mass is 10.4. The summed E-state index contributed by atoms with van der Waals surface area (Å²) in [5, 5.41) is 4.33. The number of hydrogen-bond donors (Lipinski definition) is 1. The second kappa shape index (κ2) is 3.70. The molecule has 0 aliphatic carbocycles. The van der Waals surface area contributed by atoms with E-state index in [0.29, 0.717) is 22.6 Å². The highest BCUT2D eigenvalue weighted by molar-refractivity contribution is 7.18. The molecule has 0 saturated carbocycles. The van der Waals surface area contributed by atoms with E-state index in [4.69, 9.17) is 14.7 Å². The number of furan rings is 1. The Morgan fingerprint density at radius 1 is 1.35 bits per heavy atom. The van der Waals surface area contributed by atoms with Crippen LogP contribution in [0.4, 0.5) is 5.13 Å². The molecular weight excluding hydrogens is 240 g/mol. The lowest BCUT2D eigenvalue weighted by molar-refractivity contribution is 0.430. The summed E-state index contributed by atoms with van der Waals surface area (Å²) in [6.07, 6.45) is 1.56. The first kappa shape index (κ1) is 10.0. The van der Waals surface area contributed by atoms with E-state index in [1.54, 1.807) is 18.4 Å². The minimum absolute atomic E-state index is 0.406. The number of thiazole rings is 1. The number of aryl methyl sites for hydroxylation is 1. The summed E-state index contributed by atoms with van der Waals surface area (Å²) in [5.74, 6) is 1.38. The zero-order valence-electron chi connectivity index (χ0n) is 8.88. The van der Waals surface area contributed by atoms with Crippen LogP contribution in [0.5, 0.6) is 0 Å². The summed E-state index contributed by atoms with van der Waals surface area (Å²) in [7, 11) is 0. The van der Waals surface area contributed by atoms with Gasteiger partial charge >= 0.3 is 0 Å². The van der Waals surface area contributed by atoms with Gasteiger partial charge in [-0.1, -0.05) is 16.5 Å². The molecule has 0 fully saturated rings. The molecule has 6 nitrogen and oxygen atoms in total. The summed E-state index contributed by atoms with van der Waals surface area (Å²) >= 11 is 1.32. The van der Waals surface area contributed by atoms with Crippen LogP contribution < -0.4 is 5.73 Å². The Bertz CT molecular complexity index is 641. The summed E-state index contributed by atoms with van der Waals surface area (Å²) < 4.78 is 10.3. The Kier molecular flexibility index (Phi) is 2.19. The molecule has 0 spiro atoms. The molecule has 17 heavy (non-hydrogen) atoms. The molecule has 3 aromatic heterocycles. The van der Waals surface area contributed by atoms with Crippen LogP contribution >= 0.6 is 11.3 Å². The molecule has 0 saturated heterocycles. The predicted molar refractivity (Wildman–Crippen MR) is 62.3 cm³/mol. The van der Waals surface area contributed by atoms with Crippen LogP contribution in [0.25, 0.3) is 22.4 Å². The number of rotatable bonds is 2. The van der Waals surface area contributed by atoms with Gasteiger partial charge in [0.15, 0.2) is 10.9 Å². The van der Waals surface area contributed by atoms with Gasteiger partial charge in [-0.3, -0.25) is 0 Å². The molecule has 0 bridgehead atoms. The number of anilines is 1. The Labute approximate surface area is 100 Å². The Morgan fingerprint density at radius 2 is 2.24 bits per heavy atom. The third-order valence-electron chi connectivity index (χ3n) is 2.17. The molecule has 0 radical (unpaired) electrons. The van der Waals surface area contributed by atoms with Crippen molar-refractivity contribution >= 4 is 16.5 Å². The second-order valence-corrected chi connectivity index (χ2v) is 4.40. The van der Waals surface area contributed by atoms with Crippen LogP contribution in [0.1, 0.15) is 5.69 Å². The van der Waals surface area contributed by atoms with Gasteiger partial charge < -0.3 is 14.7 Å². The SMILES string of the molecule is Cc1nc(N)sc1-c1nc(-c2ccco2)no1. The summed E-state index contributed by atoms with van der Waals surface area (Å²) in [4.78, 5) is 9.13. The molecule has 0 amide bonds. The van der Waals surface area contributed by atoms with E-state index in [-0.39, 0.29) is 0 Å². The van der Waals surface area contributed by atoms with E-state index in [9.17, 15) is 0 Å². The standard InChI is InChI=1S/C10H8N4O2S/c1-5-7(17-10(11)12-5)9-13-8(14-16-9)6-3-2-4-15-6/h2-4H,1H3,(H2,11,12). The topological polar surface area (TPSA) is 91.0 Å². The highest BCUT2D eigenvalue weighted by atomic mass is 32.1. The number of nitrogens with zero attached hydrogens (tertiary/aromatic N) is 3. The van der Waals surface area contributed by atoms with Crippen molar-refractivity contribution in [1.29, 1.82) is 0 Å². The van der Waals surface area contributed by atoms with Gasteiger partial charge in [-0.2, -0.15) is 4.98 Å². The third kappa shape index (κ3) is 1.70. The summed E-state index contributed by atoms with van der Waals surface area (Å²) in [6, 6.07) is 3.53. The van der Waals surface area contributed by atoms with Crippen LogP contribution in [0.15, 0.2) is 27.3 Å². The molecule has 86 valence electrons. The number of nitrogens with two attached hydrogens (primary N) is 1. The molecule has 3 aromatic rings. The molecule has 0 unspecified atom stereocenters. The maximum absolute atomic E-state index is 5.62. The van der Waals surface area contributed by atoms with Gasteiger partial charge in [0.1, 0.15) is 4.88 Å². The summed E-state index contributed by atoms with van der Waals surface area (Å²) in [6.45, 7) is 1.85. The normalized spacial score (nSPS) is 10.9. The molecule has 0 atom stereocenters. The van der Waals surface area contributed by atoms with E-state index in [1.807, 2.05) is 6.92 Å². The molecule has 0 aliphatic heterocycles.